The van der Waals surface area contributed by atoms with Crippen LogP contribution in [0.25, 0.3) is 0 Å². The topological polar surface area (TPSA) is 51.2 Å². The molecule has 0 unspecified atom stereocenters. The molecule has 4 nitrogen and oxygen atoms in total. The van der Waals surface area contributed by atoms with Crippen LogP contribution in [-0.2, 0) is 10.5 Å². The maximum Gasteiger partial charge on any atom is 0.234 e. The fourth-order valence-electron chi connectivity index (χ4n) is 2.15. The highest BCUT2D eigenvalue weighted by atomic mass is 32.2. The van der Waals surface area contributed by atoms with E-state index in [1.54, 1.807) is 23.1 Å². The van der Waals surface area contributed by atoms with E-state index in [-0.39, 0.29) is 5.91 Å². The van der Waals surface area contributed by atoms with Crippen LogP contribution in [0.15, 0.2) is 60.0 Å². The highest BCUT2D eigenvalue weighted by Crippen LogP contribution is 2.23. The average molecular weight is 370 g/mol. The Morgan fingerprint density at radius 2 is 1.84 bits per heavy atom. The summed E-state index contributed by atoms with van der Waals surface area (Å²) in [5.74, 6) is 2.65. The van der Waals surface area contributed by atoms with Crippen LogP contribution in [-0.4, -0.2) is 16.6 Å². The highest BCUT2D eigenvalue weighted by Gasteiger charge is 2.05. The molecule has 0 aliphatic heterocycles. The van der Waals surface area contributed by atoms with Gasteiger partial charge in [0.05, 0.1) is 16.5 Å². The van der Waals surface area contributed by atoms with Crippen molar-refractivity contribution in [3.63, 3.8) is 0 Å². The minimum absolute atomic E-state index is 0.0197. The van der Waals surface area contributed by atoms with Gasteiger partial charge in [-0.05, 0) is 43.3 Å². The first-order valence-electron chi connectivity index (χ1n) is 7.80. The molecule has 1 aromatic heterocycles. The molecule has 0 radical (unpaired) electrons. The summed E-state index contributed by atoms with van der Waals surface area (Å²) in [5.41, 5.74) is 1.79. The van der Waals surface area contributed by atoms with Crippen molar-refractivity contribution >= 4 is 34.7 Å². The molecule has 1 N–H and O–H groups in total. The predicted molar refractivity (Wildman–Crippen MR) is 105 cm³/mol. The summed E-state index contributed by atoms with van der Waals surface area (Å²) < 4.78 is 5.73. The van der Waals surface area contributed by atoms with Gasteiger partial charge in [0.25, 0.3) is 0 Å². The number of anilines is 1. The molecule has 128 valence electrons. The Balaban J connectivity index is 1.45. The van der Waals surface area contributed by atoms with Crippen LogP contribution in [0.1, 0.15) is 10.7 Å². The Labute approximate surface area is 155 Å². The molecule has 0 atom stereocenters. The van der Waals surface area contributed by atoms with Gasteiger partial charge in [-0.2, -0.15) is 0 Å². The Morgan fingerprint density at radius 1 is 1.12 bits per heavy atom. The number of aryl methyl sites for hydroxylation is 1. The number of nitrogens with one attached hydrogen (secondary N) is 1. The second-order valence-electron chi connectivity index (χ2n) is 5.34. The van der Waals surface area contributed by atoms with Crippen molar-refractivity contribution in [2.75, 3.05) is 11.1 Å². The van der Waals surface area contributed by atoms with Gasteiger partial charge in [0.15, 0.2) is 0 Å². The molecule has 1 heterocycles. The number of carbonyl (C=O) groups excluding carboxylic acids is 1. The Bertz CT molecular complexity index is 817. The number of thioether (sulfide) groups is 1. The molecule has 0 aliphatic rings. The first kappa shape index (κ1) is 17.5. The first-order chi connectivity index (χ1) is 12.2. The summed E-state index contributed by atoms with van der Waals surface area (Å²) in [6, 6.07) is 17.0. The molecule has 0 spiro atoms. The zero-order chi connectivity index (χ0) is 17.5. The van der Waals surface area contributed by atoms with Gasteiger partial charge in [0, 0.05) is 16.8 Å². The van der Waals surface area contributed by atoms with E-state index in [0.29, 0.717) is 5.75 Å². The van der Waals surface area contributed by atoms with Crippen LogP contribution >= 0.6 is 23.1 Å². The molecule has 0 fully saturated rings. The largest absolute Gasteiger partial charge is 0.457 e. The highest BCUT2D eigenvalue weighted by molar-refractivity contribution is 7.99. The van der Waals surface area contributed by atoms with Crippen LogP contribution in [0.5, 0.6) is 11.5 Å². The van der Waals surface area contributed by atoms with E-state index in [2.05, 4.69) is 10.3 Å². The van der Waals surface area contributed by atoms with E-state index in [4.69, 9.17) is 4.74 Å². The van der Waals surface area contributed by atoms with Crippen molar-refractivity contribution in [2.45, 2.75) is 12.7 Å². The van der Waals surface area contributed by atoms with Gasteiger partial charge in [-0.3, -0.25) is 4.79 Å². The van der Waals surface area contributed by atoms with E-state index in [1.807, 2.05) is 66.9 Å². The first-order valence-corrected chi connectivity index (χ1v) is 9.84. The zero-order valence-electron chi connectivity index (χ0n) is 13.8. The normalized spacial score (nSPS) is 10.4. The van der Waals surface area contributed by atoms with Crippen molar-refractivity contribution in [1.29, 1.82) is 0 Å². The van der Waals surface area contributed by atoms with Gasteiger partial charge >= 0.3 is 0 Å². The van der Waals surface area contributed by atoms with Crippen LogP contribution in [0.3, 0.4) is 0 Å². The number of hydrogen-bond acceptors (Lipinski definition) is 5. The molecule has 1 amide bonds. The number of hydrogen-bond donors (Lipinski definition) is 1. The lowest BCUT2D eigenvalue weighted by molar-refractivity contribution is -0.113. The number of aromatic nitrogens is 1. The lowest BCUT2D eigenvalue weighted by Gasteiger charge is -2.08. The molecule has 2 aromatic carbocycles. The van der Waals surface area contributed by atoms with Crippen molar-refractivity contribution in [1.82, 2.24) is 4.98 Å². The van der Waals surface area contributed by atoms with Crippen LogP contribution in [0, 0.1) is 6.92 Å². The summed E-state index contributed by atoms with van der Waals surface area (Å²) >= 11 is 3.19. The minimum Gasteiger partial charge on any atom is -0.457 e. The second kappa shape index (κ2) is 8.69. The van der Waals surface area contributed by atoms with Gasteiger partial charge in [0.2, 0.25) is 5.91 Å². The Kier molecular flexibility index (Phi) is 6.09. The lowest BCUT2D eigenvalue weighted by Crippen LogP contribution is -2.14. The monoisotopic (exact) mass is 370 g/mol. The van der Waals surface area contributed by atoms with Gasteiger partial charge in [-0.25, -0.2) is 4.98 Å². The molecule has 0 saturated carbocycles. The molecular weight excluding hydrogens is 352 g/mol. The fraction of sp³-hybridized carbons (Fsp3) is 0.158. The number of thiazole rings is 1. The quantitative estimate of drug-likeness (QED) is 0.627. The van der Waals surface area contributed by atoms with Crippen LogP contribution in [0.2, 0.25) is 0 Å². The number of nitrogens with zero attached hydrogens (tertiary/aromatic N) is 1. The van der Waals surface area contributed by atoms with Crippen molar-refractivity contribution in [3.05, 3.63) is 70.7 Å². The van der Waals surface area contributed by atoms with Crippen LogP contribution < -0.4 is 10.1 Å². The molecule has 3 aromatic rings. The van der Waals surface area contributed by atoms with Crippen molar-refractivity contribution in [3.8, 4) is 11.5 Å². The van der Waals surface area contributed by atoms with E-state index in [9.17, 15) is 4.79 Å². The predicted octanol–water partition coefficient (Wildman–Crippen LogP) is 5.12. The molecular formula is C19H18N2O2S2. The molecule has 25 heavy (non-hydrogen) atoms. The molecule has 0 bridgehead atoms. The van der Waals surface area contributed by atoms with Crippen LogP contribution in [0.4, 0.5) is 5.69 Å². The lowest BCUT2D eigenvalue weighted by atomic mass is 10.3. The van der Waals surface area contributed by atoms with E-state index in [0.717, 1.165) is 33.6 Å². The summed E-state index contributed by atoms with van der Waals surface area (Å²) in [6.45, 7) is 1.98. The Morgan fingerprint density at radius 3 is 2.52 bits per heavy atom. The van der Waals surface area contributed by atoms with Gasteiger partial charge in [-0.1, -0.05) is 18.2 Å². The Hall–Kier alpha value is -2.31. The van der Waals surface area contributed by atoms with Crippen molar-refractivity contribution < 1.29 is 9.53 Å². The van der Waals surface area contributed by atoms with Gasteiger partial charge in [0.1, 0.15) is 11.5 Å². The third-order valence-electron chi connectivity index (χ3n) is 3.27. The fourth-order valence-corrected chi connectivity index (χ4v) is 3.59. The third-order valence-corrected chi connectivity index (χ3v) is 5.06. The number of ether oxygens (including phenoxy) is 1. The molecule has 6 heteroatoms. The van der Waals surface area contributed by atoms with E-state index >= 15 is 0 Å². The standard InChI is InChI=1S/C19H18N2O2S2/c1-14-20-16(12-25-14)11-24-13-19(22)21-15-7-9-18(10-8-15)23-17-5-3-2-4-6-17/h2-10,12H,11,13H2,1H3,(H,21,22). The summed E-state index contributed by atoms with van der Waals surface area (Å²) in [6.07, 6.45) is 0. The minimum atomic E-state index is -0.0197. The summed E-state index contributed by atoms with van der Waals surface area (Å²) in [7, 11) is 0. The van der Waals surface area contributed by atoms with E-state index < -0.39 is 0 Å². The van der Waals surface area contributed by atoms with Crippen molar-refractivity contribution in [2.24, 2.45) is 0 Å². The second-order valence-corrected chi connectivity index (χ2v) is 7.39. The summed E-state index contributed by atoms with van der Waals surface area (Å²) in [5, 5.41) is 5.98. The zero-order valence-corrected chi connectivity index (χ0v) is 15.4. The molecule has 3 rings (SSSR count). The molecule has 0 saturated heterocycles. The number of para-hydroxylation sites is 1. The SMILES string of the molecule is Cc1nc(CSCC(=O)Nc2ccc(Oc3ccccc3)cc2)cs1. The smallest absolute Gasteiger partial charge is 0.234 e. The number of rotatable bonds is 7. The third kappa shape index (κ3) is 5.62. The maximum absolute atomic E-state index is 12.0. The number of amides is 1. The summed E-state index contributed by atoms with van der Waals surface area (Å²) in [4.78, 5) is 16.4. The van der Waals surface area contributed by atoms with Gasteiger partial charge < -0.3 is 10.1 Å². The maximum atomic E-state index is 12.0. The molecule has 0 aliphatic carbocycles. The van der Waals surface area contributed by atoms with Gasteiger partial charge in [-0.15, -0.1) is 23.1 Å². The number of benzene rings is 2. The van der Waals surface area contributed by atoms with E-state index in [1.165, 1.54) is 0 Å². The average Bonchev–Trinajstić information content (AvgIpc) is 3.03. The number of carbonyl (C=O) groups is 1.